The summed E-state index contributed by atoms with van der Waals surface area (Å²) in [5.41, 5.74) is 0. The molecule has 2 aromatic heterocycles. The number of piperazine rings is 1. The van der Waals surface area contributed by atoms with Crippen LogP contribution in [-0.4, -0.2) is 67.6 Å². The van der Waals surface area contributed by atoms with E-state index < -0.39 is 0 Å². The van der Waals surface area contributed by atoms with Crippen molar-refractivity contribution in [3.05, 3.63) is 10.8 Å². The maximum atomic E-state index is 12.4. The van der Waals surface area contributed by atoms with Crippen LogP contribution in [0.25, 0.3) is 4.96 Å². The zero-order valence-corrected chi connectivity index (χ0v) is 14.5. The smallest absolute Gasteiger partial charge is 0.234 e. The summed E-state index contributed by atoms with van der Waals surface area (Å²) >= 11 is 1.51. The Balaban J connectivity index is 1.33. The van der Waals surface area contributed by atoms with Crippen molar-refractivity contribution in [1.29, 1.82) is 0 Å². The lowest BCUT2D eigenvalue weighted by atomic mass is 10.2. The lowest BCUT2D eigenvalue weighted by Gasteiger charge is -2.34. The molecular formula is C15H20N6O2S. The number of carbonyl (C=O) groups excluding carboxylic acids is 2. The molecule has 0 spiro atoms. The van der Waals surface area contributed by atoms with E-state index in [1.165, 1.54) is 24.2 Å². The Morgan fingerprint density at radius 2 is 1.83 bits per heavy atom. The van der Waals surface area contributed by atoms with Crippen LogP contribution < -0.4 is 0 Å². The van der Waals surface area contributed by atoms with Crippen molar-refractivity contribution < 1.29 is 9.59 Å². The van der Waals surface area contributed by atoms with Crippen LogP contribution in [0.4, 0.5) is 0 Å². The first-order valence-corrected chi connectivity index (χ1v) is 9.18. The van der Waals surface area contributed by atoms with Gasteiger partial charge in [0.15, 0.2) is 5.82 Å². The van der Waals surface area contributed by atoms with Gasteiger partial charge in [0.25, 0.3) is 0 Å². The highest BCUT2D eigenvalue weighted by Crippen LogP contribution is 2.39. The molecule has 9 heteroatoms. The van der Waals surface area contributed by atoms with Crippen molar-refractivity contribution >= 4 is 28.1 Å². The van der Waals surface area contributed by atoms with Crippen molar-refractivity contribution in [2.45, 2.75) is 38.5 Å². The fourth-order valence-corrected chi connectivity index (χ4v) is 3.85. The van der Waals surface area contributed by atoms with Crippen molar-refractivity contribution in [2.75, 3.05) is 26.2 Å². The number of hydrogen-bond donors (Lipinski definition) is 0. The molecule has 0 unspecified atom stereocenters. The van der Waals surface area contributed by atoms with Gasteiger partial charge in [0.05, 0.1) is 0 Å². The van der Waals surface area contributed by atoms with Crippen molar-refractivity contribution in [3.63, 3.8) is 0 Å². The first kappa shape index (κ1) is 15.5. The van der Waals surface area contributed by atoms with Gasteiger partial charge in [-0.2, -0.15) is 9.61 Å². The van der Waals surface area contributed by atoms with Gasteiger partial charge < -0.3 is 9.80 Å². The Bertz CT molecular complexity index is 772. The number of aromatic nitrogens is 4. The molecule has 0 atom stereocenters. The molecule has 2 aliphatic rings. The van der Waals surface area contributed by atoms with Gasteiger partial charge in [0.2, 0.25) is 16.8 Å². The third-order valence-corrected chi connectivity index (χ3v) is 5.59. The van der Waals surface area contributed by atoms with Gasteiger partial charge in [-0.3, -0.25) is 9.59 Å². The largest absolute Gasteiger partial charge is 0.339 e. The molecule has 0 bridgehead atoms. The van der Waals surface area contributed by atoms with Gasteiger partial charge in [-0.25, -0.2) is 0 Å². The Kier molecular flexibility index (Phi) is 3.95. The quantitative estimate of drug-likeness (QED) is 0.812. The summed E-state index contributed by atoms with van der Waals surface area (Å²) in [6, 6.07) is 0. The second-order valence-corrected chi connectivity index (χ2v) is 7.45. The standard InChI is InChI=1S/C15H20N6O2S/c1-10(22)19-6-8-20(9-7-19)13(23)5-4-12-18-21-14(11-2-3-11)16-17-15(21)24-12/h11H,2-9H2,1H3. The summed E-state index contributed by atoms with van der Waals surface area (Å²) < 4.78 is 1.84. The minimum Gasteiger partial charge on any atom is -0.339 e. The molecular weight excluding hydrogens is 328 g/mol. The molecule has 0 radical (unpaired) electrons. The number of rotatable bonds is 4. The van der Waals surface area contributed by atoms with Crippen LogP contribution in [0.5, 0.6) is 0 Å². The third kappa shape index (κ3) is 3.00. The van der Waals surface area contributed by atoms with Gasteiger partial charge in [-0.05, 0) is 12.8 Å². The minimum atomic E-state index is 0.0771. The highest BCUT2D eigenvalue weighted by atomic mass is 32.1. The van der Waals surface area contributed by atoms with Crippen LogP contribution in [0.1, 0.15) is 42.9 Å². The molecule has 1 aliphatic carbocycles. The average molecular weight is 348 g/mol. The zero-order valence-electron chi connectivity index (χ0n) is 13.6. The van der Waals surface area contributed by atoms with Crippen LogP contribution in [0, 0.1) is 0 Å². The summed E-state index contributed by atoms with van der Waals surface area (Å²) in [4.78, 5) is 28.1. The Morgan fingerprint density at radius 1 is 1.12 bits per heavy atom. The van der Waals surface area contributed by atoms with Gasteiger partial charge in [-0.1, -0.05) is 11.3 Å². The fraction of sp³-hybridized carbons (Fsp3) is 0.667. The predicted octanol–water partition coefficient (Wildman–Crippen LogP) is 0.686. The van der Waals surface area contributed by atoms with Crippen LogP contribution in [-0.2, 0) is 16.0 Å². The second kappa shape index (κ2) is 6.12. The molecule has 1 saturated heterocycles. The SMILES string of the molecule is CC(=O)N1CCN(C(=O)CCc2nn3c(C4CC4)nnc3s2)CC1. The lowest BCUT2D eigenvalue weighted by molar-refractivity contribution is -0.138. The molecule has 2 fully saturated rings. The fourth-order valence-electron chi connectivity index (χ4n) is 3.01. The van der Waals surface area contributed by atoms with Crippen LogP contribution in [0.3, 0.4) is 0 Å². The lowest BCUT2D eigenvalue weighted by Crippen LogP contribution is -2.50. The van der Waals surface area contributed by atoms with Crippen LogP contribution in [0.2, 0.25) is 0 Å². The van der Waals surface area contributed by atoms with E-state index >= 15 is 0 Å². The summed E-state index contributed by atoms with van der Waals surface area (Å²) in [7, 11) is 0. The average Bonchev–Trinajstić information content (AvgIpc) is 3.22. The van der Waals surface area contributed by atoms with Gasteiger partial charge >= 0.3 is 0 Å². The highest BCUT2D eigenvalue weighted by molar-refractivity contribution is 7.16. The van der Waals surface area contributed by atoms with E-state index in [0.29, 0.717) is 44.9 Å². The van der Waals surface area contributed by atoms with E-state index in [-0.39, 0.29) is 11.8 Å². The van der Waals surface area contributed by atoms with Crippen LogP contribution in [0.15, 0.2) is 0 Å². The number of hydrogen-bond acceptors (Lipinski definition) is 6. The minimum absolute atomic E-state index is 0.0771. The maximum Gasteiger partial charge on any atom is 0.234 e. The Hall–Kier alpha value is -2.03. The van der Waals surface area contributed by atoms with Crippen molar-refractivity contribution in [2.24, 2.45) is 0 Å². The maximum absolute atomic E-state index is 12.4. The van der Waals surface area contributed by atoms with E-state index in [1.54, 1.807) is 11.8 Å². The van der Waals surface area contributed by atoms with E-state index in [2.05, 4.69) is 15.3 Å². The summed E-state index contributed by atoms with van der Waals surface area (Å²) in [5.74, 6) is 1.67. The first-order chi connectivity index (χ1) is 11.6. The number of fused-ring (bicyclic) bond motifs is 1. The van der Waals surface area contributed by atoms with Crippen LogP contribution >= 0.6 is 11.3 Å². The Morgan fingerprint density at radius 3 is 2.50 bits per heavy atom. The monoisotopic (exact) mass is 348 g/mol. The number of amides is 2. The molecule has 1 saturated carbocycles. The summed E-state index contributed by atoms with van der Waals surface area (Å²) in [6.07, 6.45) is 3.41. The van der Waals surface area contributed by atoms with E-state index in [0.717, 1.165) is 15.8 Å². The molecule has 1 aliphatic heterocycles. The molecule has 2 aromatic rings. The van der Waals surface area contributed by atoms with E-state index in [4.69, 9.17) is 0 Å². The van der Waals surface area contributed by atoms with Crippen molar-refractivity contribution in [1.82, 2.24) is 29.6 Å². The Labute approximate surface area is 143 Å². The highest BCUT2D eigenvalue weighted by Gasteiger charge is 2.30. The molecule has 3 heterocycles. The van der Waals surface area contributed by atoms with Gasteiger partial charge in [-0.15, -0.1) is 10.2 Å². The molecule has 24 heavy (non-hydrogen) atoms. The molecule has 128 valence electrons. The molecule has 2 amide bonds. The normalized spacial score (nSPS) is 18.4. The second-order valence-electron chi connectivity index (χ2n) is 6.41. The third-order valence-electron chi connectivity index (χ3n) is 4.63. The van der Waals surface area contributed by atoms with Crippen molar-refractivity contribution in [3.8, 4) is 0 Å². The zero-order chi connectivity index (χ0) is 16.7. The topological polar surface area (TPSA) is 83.7 Å². The van der Waals surface area contributed by atoms with Gasteiger partial charge in [0.1, 0.15) is 5.01 Å². The number of nitrogens with zero attached hydrogens (tertiary/aromatic N) is 6. The molecule has 4 rings (SSSR count). The van der Waals surface area contributed by atoms with E-state index in [1.807, 2.05) is 9.42 Å². The molecule has 8 nitrogen and oxygen atoms in total. The first-order valence-electron chi connectivity index (χ1n) is 8.36. The van der Waals surface area contributed by atoms with Gasteiger partial charge in [0, 0.05) is 51.9 Å². The molecule has 0 aromatic carbocycles. The summed E-state index contributed by atoms with van der Waals surface area (Å²) in [6.45, 7) is 4.07. The predicted molar refractivity (Wildman–Crippen MR) is 87.8 cm³/mol. The summed E-state index contributed by atoms with van der Waals surface area (Å²) in [5, 5.41) is 13.9. The number of carbonyl (C=O) groups is 2. The molecule has 0 N–H and O–H groups in total. The number of aryl methyl sites for hydroxylation is 1. The van der Waals surface area contributed by atoms with E-state index in [9.17, 15) is 9.59 Å².